The number of hydrogen-bond donors (Lipinski definition) is 1. The van der Waals surface area contributed by atoms with Gasteiger partial charge in [-0.15, -0.1) is 0 Å². The molecular weight excluding hydrogens is 232 g/mol. The summed E-state index contributed by atoms with van der Waals surface area (Å²) in [5.74, 6) is 1.64. The van der Waals surface area contributed by atoms with Gasteiger partial charge in [0.1, 0.15) is 0 Å². The van der Waals surface area contributed by atoms with Gasteiger partial charge in [-0.25, -0.2) is 0 Å². The van der Waals surface area contributed by atoms with Gasteiger partial charge in [0.05, 0.1) is 12.6 Å². The highest BCUT2D eigenvalue weighted by Gasteiger charge is 2.31. The zero-order valence-corrected chi connectivity index (χ0v) is 11.1. The largest absolute Gasteiger partial charge is 0.358 e. The number of nitrogens with one attached hydrogen (secondary N) is 1. The summed E-state index contributed by atoms with van der Waals surface area (Å²) in [6.45, 7) is 5.50. The van der Waals surface area contributed by atoms with Crippen LogP contribution in [-0.4, -0.2) is 40.6 Å². The molecule has 1 aromatic rings. The van der Waals surface area contributed by atoms with Crippen molar-refractivity contribution in [3.05, 3.63) is 11.7 Å². The van der Waals surface area contributed by atoms with Crippen LogP contribution in [0.1, 0.15) is 44.3 Å². The molecular formula is C12H20N4O2. The Morgan fingerprint density at radius 2 is 2.39 bits per heavy atom. The van der Waals surface area contributed by atoms with Crippen LogP contribution in [0.3, 0.4) is 0 Å². The molecule has 1 N–H and O–H groups in total. The smallest absolute Gasteiger partial charge is 0.240 e. The molecule has 2 heterocycles. The van der Waals surface area contributed by atoms with Crippen LogP contribution >= 0.6 is 0 Å². The third kappa shape index (κ3) is 2.69. The summed E-state index contributed by atoms with van der Waals surface area (Å²) in [5.41, 5.74) is 0. The van der Waals surface area contributed by atoms with Crippen LogP contribution in [0.4, 0.5) is 0 Å². The Kier molecular flexibility index (Phi) is 3.96. The van der Waals surface area contributed by atoms with E-state index in [9.17, 15) is 4.79 Å². The summed E-state index contributed by atoms with van der Waals surface area (Å²) < 4.78 is 5.22. The number of carbonyl (C=O) groups is 1. The first kappa shape index (κ1) is 13.0. The fourth-order valence-electron chi connectivity index (χ4n) is 2.22. The van der Waals surface area contributed by atoms with Crippen LogP contribution in [0.5, 0.6) is 0 Å². The molecule has 1 aromatic heterocycles. The first-order valence-corrected chi connectivity index (χ1v) is 6.40. The third-order valence-corrected chi connectivity index (χ3v) is 3.25. The van der Waals surface area contributed by atoms with Crippen LogP contribution in [0.15, 0.2) is 4.52 Å². The van der Waals surface area contributed by atoms with E-state index in [4.69, 9.17) is 4.52 Å². The Hall–Kier alpha value is -1.43. The van der Waals surface area contributed by atoms with Crippen LogP contribution < -0.4 is 5.32 Å². The van der Waals surface area contributed by atoms with E-state index in [1.165, 1.54) is 0 Å². The molecule has 1 saturated heterocycles. The molecule has 0 bridgehead atoms. The average Bonchev–Trinajstić information content (AvgIpc) is 2.97. The third-order valence-electron chi connectivity index (χ3n) is 3.25. The standard InChI is InChI=1S/C12H20N4O2/c1-8(2)11-14-10(18-15-11)7-16-6-4-5-9(16)12(17)13-3/h8-9H,4-7H2,1-3H3,(H,13,17)/t9-/m1/s1. The number of amides is 1. The first-order valence-electron chi connectivity index (χ1n) is 6.40. The van der Waals surface area contributed by atoms with Crippen molar-refractivity contribution in [3.63, 3.8) is 0 Å². The summed E-state index contributed by atoms with van der Waals surface area (Å²) in [4.78, 5) is 18.1. The van der Waals surface area contributed by atoms with E-state index in [1.807, 2.05) is 13.8 Å². The van der Waals surface area contributed by atoms with Crippen LogP contribution in [0.2, 0.25) is 0 Å². The molecule has 0 saturated carbocycles. The van der Waals surface area contributed by atoms with Gasteiger partial charge in [0.15, 0.2) is 5.82 Å². The second-order valence-electron chi connectivity index (χ2n) is 4.94. The van der Waals surface area contributed by atoms with Crippen molar-refractivity contribution >= 4 is 5.91 Å². The zero-order valence-electron chi connectivity index (χ0n) is 11.1. The normalized spacial score (nSPS) is 20.6. The average molecular weight is 252 g/mol. The van der Waals surface area contributed by atoms with Crippen LogP contribution in [0.25, 0.3) is 0 Å². The second-order valence-corrected chi connectivity index (χ2v) is 4.94. The predicted molar refractivity (Wildman–Crippen MR) is 65.9 cm³/mol. The molecule has 1 aliphatic rings. The SMILES string of the molecule is CNC(=O)[C@H]1CCCN1Cc1nc(C(C)C)no1. The lowest BCUT2D eigenvalue weighted by atomic mass is 10.2. The van der Waals surface area contributed by atoms with Crippen molar-refractivity contribution in [2.45, 2.75) is 45.2 Å². The molecule has 6 heteroatoms. The minimum Gasteiger partial charge on any atom is -0.358 e. The van der Waals surface area contributed by atoms with E-state index < -0.39 is 0 Å². The lowest BCUT2D eigenvalue weighted by molar-refractivity contribution is -0.125. The molecule has 0 spiro atoms. The van der Waals surface area contributed by atoms with E-state index >= 15 is 0 Å². The maximum Gasteiger partial charge on any atom is 0.240 e. The Bertz CT molecular complexity index is 416. The van der Waals surface area contributed by atoms with Crippen molar-refractivity contribution in [2.24, 2.45) is 0 Å². The van der Waals surface area contributed by atoms with Crippen molar-refractivity contribution in [1.29, 1.82) is 0 Å². The molecule has 0 radical (unpaired) electrons. The highest BCUT2D eigenvalue weighted by atomic mass is 16.5. The summed E-state index contributed by atoms with van der Waals surface area (Å²) in [5, 5.41) is 6.63. The fraction of sp³-hybridized carbons (Fsp3) is 0.750. The van der Waals surface area contributed by atoms with Gasteiger partial charge < -0.3 is 9.84 Å². The molecule has 2 rings (SSSR count). The van der Waals surface area contributed by atoms with Gasteiger partial charge in [-0.3, -0.25) is 9.69 Å². The molecule has 0 unspecified atom stereocenters. The van der Waals surface area contributed by atoms with Crippen molar-refractivity contribution < 1.29 is 9.32 Å². The number of rotatable bonds is 4. The molecule has 0 aliphatic carbocycles. The lowest BCUT2D eigenvalue weighted by Crippen LogP contribution is -2.41. The van der Waals surface area contributed by atoms with Crippen LogP contribution in [-0.2, 0) is 11.3 Å². The van der Waals surface area contributed by atoms with E-state index in [0.717, 1.165) is 25.2 Å². The Morgan fingerprint density at radius 1 is 1.61 bits per heavy atom. The topological polar surface area (TPSA) is 71.3 Å². The predicted octanol–water partition coefficient (Wildman–Crippen LogP) is 0.903. The van der Waals surface area contributed by atoms with E-state index in [0.29, 0.717) is 12.4 Å². The van der Waals surface area contributed by atoms with Gasteiger partial charge in [0.2, 0.25) is 11.8 Å². The molecule has 0 aromatic carbocycles. The molecule has 1 aliphatic heterocycles. The Morgan fingerprint density at radius 3 is 3.00 bits per heavy atom. The van der Waals surface area contributed by atoms with Gasteiger partial charge in [-0.2, -0.15) is 4.98 Å². The molecule has 1 atom stereocenters. The highest BCUT2D eigenvalue weighted by molar-refractivity contribution is 5.81. The number of likely N-dealkylation sites (tertiary alicyclic amines) is 1. The minimum atomic E-state index is -0.0654. The minimum absolute atomic E-state index is 0.0654. The maximum absolute atomic E-state index is 11.7. The molecule has 1 fully saturated rings. The molecule has 6 nitrogen and oxygen atoms in total. The van der Waals surface area contributed by atoms with Gasteiger partial charge in [0.25, 0.3) is 0 Å². The van der Waals surface area contributed by atoms with Crippen molar-refractivity contribution in [1.82, 2.24) is 20.4 Å². The Balaban J connectivity index is 2.01. The highest BCUT2D eigenvalue weighted by Crippen LogP contribution is 2.20. The molecule has 1 amide bonds. The fourth-order valence-corrected chi connectivity index (χ4v) is 2.22. The maximum atomic E-state index is 11.7. The van der Waals surface area contributed by atoms with Gasteiger partial charge >= 0.3 is 0 Å². The van der Waals surface area contributed by atoms with Crippen molar-refractivity contribution in [3.8, 4) is 0 Å². The van der Waals surface area contributed by atoms with E-state index in [1.54, 1.807) is 7.05 Å². The number of hydrogen-bond acceptors (Lipinski definition) is 5. The Labute approximate surface area is 107 Å². The molecule has 18 heavy (non-hydrogen) atoms. The number of aromatic nitrogens is 2. The van der Waals surface area contributed by atoms with Crippen molar-refractivity contribution in [2.75, 3.05) is 13.6 Å². The summed E-state index contributed by atoms with van der Waals surface area (Å²) >= 11 is 0. The second kappa shape index (κ2) is 5.48. The number of carbonyl (C=O) groups excluding carboxylic acids is 1. The zero-order chi connectivity index (χ0) is 13.1. The lowest BCUT2D eigenvalue weighted by Gasteiger charge is -2.20. The van der Waals surface area contributed by atoms with E-state index in [2.05, 4.69) is 20.4 Å². The summed E-state index contributed by atoms with van der Waals surface area (Å²) in [6, 6.07) is -0.0654. The summed E-state index contributed by atoms with van der Waals surface area (Å²) in [7, 11) is 1.67. The number of nitrogens with zero attached hydrogens (tertiary/aromatic N) is 3. The number of likely N-dealkylation sites (N-methyl/N-ethyl adjacent to an activating group) is 1. The first-order chi connectivity index (χ1) is 8.61. The van der Waals surface area contributed by atoms with Gasteiger partial charge in [0, 0.05) is 13.0 Å². The summed E-state index contributed by atoms with van der Waals surface area (Å²) in [6.07, 6.45) is 1.92. The molecule has 100 valence electrons. The van der Waals surface area contributed by atoms with Crippen LogP contribution in [0, 0.1) is 0 Å². The van der Waals surface area contributed by atoms with Gasteiger partial charge in [-0.1, -0.05) is 19.0 Å². The van der Waals surface area contributed by atoms with Gasteiger partial charge in [-0.05, 0) is 19.4 Å². The monoisotopic (exact) mass is 252 g/mol. The quantitative estimate of drug-likeness (QED) is 0.862. The van der Waals surface area contributed by atoms with E-state index in [-0.39, 0.29) is 17.9 Å².